The molecule has 0 atom stereocenters. The molecule has 1 rings (SSSR count). The zero-order chi connectivity index (χ0) is 3.86. The first kappa shape index (κ1) is 2.88. The first-order valence-corrected chi connectivity index (χ1v) is 1.65. The van der Waals surface area contributed by atoms with Gasteiger partial charge in [-0.25, -0.2) is 4.39 Å². The average molecular weight is 72.1 g/mol. The van der Waals surface area contributed by atoms with Gasteiger partial charge in [-0.05, 0) is 12.5 Å². The van der Waals surface area contributed by atoms with E-state index in [1.54, 1.807) is 6.92 Å². The summed E-state index contributed by atoms with van der Waals surface area (Å²) in [7, 11) is 0. The Labute approximate surface area is 30.3 Å². The molecule has 0 radical (unpaired) electrons. The highest BCUT2D eigenvalue weighted by Crippen LogP contribution is 2.29. The van der Waals surface area contributed by atoms with Gasteiger partial charge in [0, 0.05) is 6.42 Å². The third-order valence-corrected chi connectivity index (χ3v) is 0.758. The Morgan fingerprint density at radius 1 is 1.80 bits per heavy atom. The smallest absolute Gasteiger partial charge is 0.103 e. The molecule has 1 aliphatic carbocycles. The minimum Gasteiger partial charge on any atom is -0.212 e. The lowest BCUT2D eigenvalue weighted by molar-refractivity contribution is 0.670. The van der Waals surface area contributed by atoms with Crippen molar-refractivity contribution in [3.05, 3.63) is 11.4 Å². The predicted octanol–water partition coefficient (Wildman–Crippen LogP) is 1.63. The van der Waals surface area contributed by atoms with E-state index < -0.39 is 0 Å². The SMILES string of the molecule is CC1=C(F)C1. The molecule has 5 heavy (non-hydrogen) atoms. The van der Waals surface area contributed by atoms with Crippen LogP contribution in [0.15, 0.2) is 11.4 Å². The summed E-state index contributed by atoms with van der Waals surface area (Å²) in [5.74, 6) is 0.0880. The van der Waals surface area contributed by atoms with E-state index in [1.807, 2.05) is 0 Å². The second kappa shape index (κ2) is 0.588. The average Bonchev–Trinajstić information content (AvgIpc) is 1.79. The Hall–Kier alpha value is -0.330. The monoisotopic (exact) mass is 72.0 g/mol. The van der Waals surface area contributed by atoms with Crippen LogP contribution < -0.4 is 0 Å². The third kappa shape index (κ3) is 0.318. The van der Waals surface area contributed by atoms with Crippen molar-refractivity contribution in [1.82, 2.24) is 0 Å². The van der Waals surface area contributed by atoms with Crippen LogP contribution in [0.1, 0.15) is 13.3 Å². The maximum absolute atomic E-state index is 11.4. The molecule has 1 aliphatic rings. The van der Waals surface area contributed by atoms with Crippen molar-refractivity contribution in [2.75, 3.05) is 0 Å². The van der Waals surface area contributed by atoms with E-state index in [4.69, 9.17) is 0 Å². The number of halogens is 1. The molecule has 0 bridgehead atoms. The van der Waals surface area contributed by atoms with Gasteiger partial charge in [0.1, 0.15) is 5.83 Å². The highest BCUT2D eigenvalue weighted by molar-refractivity contribution is 5.25. The van der Waals surface area contributed by atoms with Crippen LogP contribution in [0.25, 0.3) is 0 Å². The maximum atomic E-state index is 11.4. The molecular weight excluding hydrogens is 67.0 g/mol. The zero-order valence-corrected chi connectivity index (χ0v) is 3.09. The Bertz CT molecular complexity index is 71.6. The molecule has 0 aromatic rings. The van der Waals surface area contributed by atoms with Gasteiger partial charge in [0.15, 0.2) is 0 Å². The van der Waals surface area contributed by atoms with E-state index in [0.29, 0.717) is 6.42 Å². The van der Waals surface area contributed by atoms with Crippen LogP contribution >= 0.6 is 0 Å². The van der Waals surface area contributed by atoms with E-state index in [0.717, 1.165) is 5.57 Å². The summed E-state index contributed by atoms with van der Waals surface area (Å²) in [5.41, 5.74) is 0.921. The molecule has 0 unspecified atom stereocenters. The number of hydrogen-bond donors (Lipinski definition) is 0. The van der Waals surface area contributed by atoms with Gasteiger partial charge in [-0.1, -0.05) is 0 Å². The number of rotatable bonds is 0. The topological polar surface area (TPSA) is 0 Å². The minimum absolute atomic E-state index is 0.0880. The molecular formula is C4H5F. The standard InChI is InChI=1S/C4H5F/c1-3-2-4(3)5/h2H2,1H3. The van der Waals surface area contributed by atoms with E-state index >= 15 is 0 Å². The van der Waals surface area contributed by atoms with Gasteiger partial charge >= 0.3 is 0 Å². The fourth-order valence-electron chi connectivity index (χ4n) is 0.189. The van der Waals surface area contributed by atoms with Crippen LogP contribution in [0, 0.1) is 0 Å². The fraction of sp³-hybridized carbons (Fsp3) is 0.500. The summed E-state index contributed by atoms with van der Waals surface area (Å²) in [5, 5.41) is 0. The van der Waals surface area contributed by atoms with Crippen molar-refractivity contribution in [1.29, 1.82) is 0 Å². The highest BCUT2D eigenvalue weighted by Gasteiger charge is 2.13. The van der Waals surface area contributed by atoms with Crippen LogP contribution in [-0.2, 0) is 0 Å². The minimum atomic E-state index is 0.0880. The quantitative estimate of drug-likeness (QED) is 0.408. The van der Waals surface area contributed by atoms with Gasteiger partial charge in [-0.3, -0.25) is 0 Å². The largest absolute Gasteiger partial charge is 0.212 e. The second-order valence-corrected chi connectivity index (χ2v) is 1.36. The summed E-state index contributed by atoms with van der Waals surface area (Å²) >= 11 is 0. The molecule has 0 heterocycles. The lowest BCUT2D eigenvalue weighted by Gasteiger charge is -1.44. The van der Waals surface area contributed by atoms with Crippen molar-refractivity contribution in [3.63, 3.8) is 0 Å². The van der Waals surface area contributed by atoms with Gasteiger partial charge in [-0.15, -0.1) is 0 Å². The first-order chi connectivity index (χ1) is 2.30. The van der Waals surface area contributed by atoms with Crippen LogP contribution in [-0.4, -0.2) is 0 Å². The van der Waals surface area contributed by atoms with E-state index in [9.17, 15) is 4.39 Å². The van der Waals surface area contributed by atoms with Gasteiger partial charge in [0.2, 0.25) is 0 Å². The van der Waals surface area contributed by atoms with Crippen molar-refractivity contribution < 1.29 is 4.39 Å². The molecule has 0 aliphatic heterocycles. The number of hydrogen-bond acceptors (Lipinski definition) is 0. The molecule has 0 N–H and O–H groups in total. The van der Waals surface area contributed by atoms with Gasteiger partial charge in [-0.2, -0.15) is 0 Å². The van der Waals surface area contributed by atoms with Crippen molar-refractivity contribution >= 4 is 0 Å². The summed E-state index contributed by atoms with van der Waals surface area (Å²) in [6.45, 7) is 1.80. The molecule has 0 aromatic carbocycles. The van der Waals surface area contributed by atoms with Crippen molar-refractivity contribution in [2.45, 2.75) is 13.3 Å². The summed E-state index contributed by atoms with van der Waals surface area (Å²) in [6.07, 6.45) is 0.639. The Kier molecular flexibility index (Phi) is 0.339. The van der Waals surface area contributed by atoms with Gasteiger partial charge < -0.3 is 0 Å². The Morgan fingerprint density at radius 3 is 2.00 bits per heavy atom. The molecule has 0 fully saturated rings. The first-order valence-electron chi connectivity index (χ1n) is 1.65. The van der Waals surface area contributed by atoms with Crippen molar-refractivity contribution in [2.24, 2.45) is 0 Å². The third-order valence-electron chi connectivity index (χ3n) is 0.758. The Morgan fingerprint density at radius 2 is 2.00 bits per heavy atom. The summed E-state index contributed by atoms with van der Waals surface area (Å²) < 4.78 is 11.4. The zero-order valence-electron chi connectivity index (χ0n) is 3.09. The molecule has 0 saturated heterocycles. The molecule has 0 aromatic heterocycles. The lowest BCUT2D eigenvalue weighted by atomic mass is 10.6. The lowest BCUT2D eigenvalue weighted by Crippen LogP contribution is -1.26. The summed E-state index contributed by atoms with van der Waals surface area (Å²) in [6, 6.07) is 0. The normalized spacial score (nSPS) is 20.4. The second-order valence-electron chi connectivity index (χ2n) is 1.36. The molecule has 0 spiro atoms. The van der Waals surface area contributed by atoms with E-state index in [-0.39, 0.29) is 5.83 Å². The molecule has 0 nitrogen and oxygen atoms in total. The van der Waals surface area contributed by atoms with Crippen LogP contribution in [0.5, 0.6) is 0 Å². The molecule has 28 valence electrons. The molecule has 0 saturated carbocycles. The molecule has 1 heteroatoms. The highest BCUT2D eigenvalue weighted by atomic mass is 19.1. The van der Waals surface area contributed by atoms with E-state index in [2.05, 4.69) is 0 Å². The van der Waals surface area contributed by atoms with Crippen molar-refractivity contribution in [3.8, 4) is 0 Å². The maximum Gasteiger partial charge on any atom is 0.103 e. The fourth-order valence-corrected chi connectivity index (χ4v) is 0.189. The van der Waals surface area contributed by atoms with Crippen LogP contribution in [0.2, 0.25) is 0 Å². The summed E-state index contributed by atoms with van der Waals surface area (Å²) in [4.78, 5) is 0. The van der Waals surface area contributed by atoms with Gasteiger partial charge in [0.05, 0.1) is 0 Å². The van der Waals surface area contributed by atoms with Gasteiger partial charge in [0.25, 0.3) is 0 Å². The van der Waals surface area contributed by atoms with Crippen LogP contribution in [0.4, 0.5) is 4.39 Å². The Balaban J connectivity index is 2.59. The van der Waals surface area contributed by atoms with E-state index in [1.165, 1.54) is 0 Å². The predicted molar refractivity (Wildman–Crippen MR) is 18.4 cm³/mol. The van der Waals surface area contributed by atoms with Crippen LogP contribution in [0.3, 0.4) is 0 Å². The number of allylic oxidation sites excluding steroid dienone is 2. The molecule has 0 amide bonds.